The molecule has 3 amide bonds. The van der Waals surface area contributed by atoms with Crippen LogP contribution in [0, 0.1) is 0 Å². The fourth-order valence-electron chi connectivity index (χ4n) is 1.98. The number of carbonyl (C=O) groups is 2. The molecule has 1 N–H and O–H groups in total. The number of likely N-dealkylation sites (N-methyl/N-ethyl adjacent to an activating group) is 1. The van der Waals surface area contributed by atoms with E-state index in [0.717, 1.165) is 13.1 Å². The van der Waals surface area contributed by atoms with Crippen LogP contribution in [0.25, 0.3) is 0 Å². The minimum Gasteiger partial charge on any atom is -0.322 e. The minimum atomic E-state index is -0.125. The topological polar surface area (TPSA) is 55.9 Å². The van der Waals surface area contributed by atoms with Gasteiger partial charge in [0.05, 0.1) is 6.54 Å². The first-order valence-electron chi connectivity index (χ1n) is 5.67. The van der Waals surface area contributed by atoms with E-state index in [1.54, 1.807) is 4.90 Å². The van der Waals surface area contributed by atoms with Gasteiger partial charge in [-0.15, -0.1) is 0 Å². The summed E-state index contributed by atoms with van der Waals surface area (Å²) in [5.74, 6) is -0.116. The van der Waals surface area contributed by atoms with Crippen molar-refractivity contribution >= 4 is 11.9 Å². The summed E-state index contributed by atoms with van der Waals surface area (Å²) < 4.78 is 0. The van der Waals surface area contributed by atoms with Gasteiger partial charge in [-0.2, -0.15) is 0 Å². The molecule has 2 rings (SSSR count). The Kier molecular flexibility index (Phi) is 3.40. The molecule has 0 unspecified atom stereocenters. The monoisotopic (exact) mass is 226 g/mol. The lowest BCUT2D eigenvalue weighted by molar-refractivity contribution is -0.129. The molecule has 2 saturated heterocycles. The summed E-state index contributed by atoms with van der Waals surface area (Å²) in [4.78, 5) is 28.9. The van der Waals surface area contributed by atoms with E-state index in [1.807, 2.05) is 7.05 Å². The molecule has 2 aliphatic heterocycles. The van der Waals surface area contributed by atoms with Gasteiger partial charge < -0.3 is 15.1 Å². The molecule has 0 aromatic heterocycles. The molecule has 2 fully saturated rings. The van der Waals surface area contributed by atoms with E-state index in [1.165, 1.54) is 4.90 Å². The zero-order valence-electron chi connectivity index (χ0n) is 9.61. The molecule has 0 aliphatic carbocycles. The quantitative estimate of drug-likeness (QED) is 0.563. The average Bonchev–Trinajstić information content (AvgIpc) is 2.30. The van der Waals surface area contributed by atoms with Crippen LogP contribution in [-0.2, 0) is 4.79 Å². The first-order valence-corrected chi connectivity index (χ1v) is 5.67. The summed E-state index contributed by atoms with van der Waals surface area (Å²) in [7, 11) is 2.04. The molecule has 2 heterocycles. The van der Waals surface area contributed by atoms with Gasteiger partial charge in [0, 0.05) is 39.3 Å². The molecule has 90 valence electrons. The van der Waals surface area contributed by atoms with Crippen molar-refractivity contribution in [3.8, 4) is 0 Å². The third kappa shape index (κ3) is 2.33. The van der Waals surface area contributed by atoms with Gasteiger partial charge in [-0.1, -0.05) is 0 Å². The highest BCUT2D eigenvalue weighted by Gasteiger charge is 2.29. The maximum Gasteiger partial charge on any atom is 0.326 e. The summed E-state index contributed by atoms with van der Waals surface area (Å²) in [5, 5.41) is 2.96. The molecule has 0 aromatic carbocycles. The summed E-state index contributed by atoms with van der Waals surface area (Å²) in [6, 6.07) is -0.125. The SMILES string of the molecule is CN1CCN(C(=O)N2CCNCC2=O)CC1. The molecular formula is C10H18N4O2. The highest BCUT2D eigenvalue weighted by molar-refractivity contribution is 5.96. The van der Waals surface area contributed by atoms with Crippen LogP contribution >= 0.6 is 0 Å². The third-order valence-corrected chi connectivity index (χ3v) is 3.09. The van der Waals surface area contributed by atoms with Crippen LogP contribution in [0.5, 0.6) is 0 Å². The Balaban J connectivity index is 1.93. The lowest BCUT2D eigenvalue weighted by Gasteiger charge is -2.36. The molecule has 0 aromatic rings. The van der Waals surface area contributed by atoms with Gasteiger partial charge >= 0.3 is 6.03 Å². The first kappa shape index (κ1) is 11.3. The van der Waals surface area contributed by atoms with E-state index in [2.05, 4.69) is 10.2 Å². The van der Waals surface area contributed by atoms with Crippen molar-refractivity contribution in [2.75, 3.05) is 52.9 Å². The van der Waals surface area contributed by atoms with Crippen LogP contribution in [0.4, 0.5) is 4.79 Å². The standard InChI is InChI=1S/C10H18N4O2/c1-12-4-6-13(7-5-12)10(16)14-3-2-11-8-9(14)15/h11H,2-8H2,1H3. The Morgan fingerprint density at radius 1 is 1.19 bits per heavy atom. The number of imide groups is 1. The van der Waals surface area contributed by atoms with Crippen molar-refractivity contribution in [1.82, 2.24) is 20.0 Å². The number of hydrogen-bond donors (Lipinski definition) is 1. The minimum absolute atomic E-state index is 0.116. The van der Waals surface area contributed by atoms with Crippen molar-refractivity contribution < 1.29 is 9.59 Å². The molecule has 0 bridgehead atoms. The van der Waals surface area contributed by atoms with Crippen molar-refractivity contribution in [3.63, 3.8) is 0 Å². The predicted octanol–water partition coefficient (Wildman–Crippen LogP) is -1.21. The third-order valence-electron chi connectivity index (χ3n) is 3.09. The van der Waals surface area contributed by atoms with Gasteiger partial charge in [0.2, 0.25) is 5.91 Å². The van der Waals surface area contributed by atoms with Gasteiger partial charge in [-0.05, 0) is 7.05 Å². The maximum atomic E-state index is 12.1. The average molecular weight is 226 g/mol. The zero-order valence-corrected chi connectivity index (χ0v) is 9.61. The normalized spacial score (nSPS) is 23.7. The lowest BCUT2D eigenvalue weighted by atomic mass is 10.3. The fourth-order valence-corrected chi connectivity index (χ4v) is 1.98. The molecule has 16 heavy (non-hydrogen) atoms. The number of nitrogens with one attached hydrogen (secondary N) is 1. The van der Waals surface area contributed by atoms with E-state index in [0.29, 0.717) is 26.2 Å². The number of piperazine rings is 2. The molecule has 6 nitrogen and oxygen atoms in total. The van der Waals surface area contributed by atoms with E-state index < -0.39 is 0 Å². The van der Waals surface area contributed by atoms with Crippen molar-refractivity contribution in [3.05, 3.63) is 0 Å². The molecule has 0 atom stereocenters. The summed E-state index contributed by atoms with van der Waals surface area (Å²) in [6.07, 6.45) is 0. The zero-order chi connectivity index (χ0) is 11.5. The lowest BCUT2D eigenvalue weighted by Crippen LogP contribution is -2.57. The van der Waals surface area contributed by atoms with E-state index in [9.17, 15) is 9.59 Å². The molecular weight excluding hydrogens is 208 g/mol. The Morgan fingerprint density at radius 2 is 1.88 bits per heavy atom. The van der Waals surface area contributed by atoms with Crippen LogP contribution in [0.15, 0.2) is 0 Å². The number of urea groups is 1. The van der Waals surface area contributed by atoms with Crippen LogP contribution in [-0.4, -0.2) is 79.5 Å². The van der Waals surface area contributed by atoms with Crippen molar-refractivity contribution in [1.29, 1.82) is 0 Å². The molecule has 0 radical (unpaired) electrons. The van der Waals surface area contributed by atoms with Crippen molar-refractivity contribution in [2.24, 2.45) is 0 Å². The number of nitrogens with zero attached hydrogens (tertiary/aromatic N) is 3. The van der Waals surface area contributed by atoms with Gasteiger partial charge in [0.1, 0.15) is 0 Å². The fraction of sp³-hybridized carbons (Fsp3) is 0.800. The largest absolute Gasteiger partial charge is 0.326 e. The van der Waals surface area contributed by atoms with Gasteiger partial charge in [-0.25, -0.2) is 4.79 Å². The smallest absolute Gasteiger partial charge is 0.322 e. The van der Waals surface area contributed by atoms with E-state index >= 15 is 0 Å². The Morgan fingerprint density at radius 3 is 2.50 bits per heavy atom. The Bertz CT molecular complexity index is 287. The molecule has 0 spiro atoms. The van der Waals surface area contributed by atoms with Gasteiger partial charge in [0.15, 0.2) is 0 Å². The van der Waals surface area contributed by atoms with E-state index in [-0.39, 0.29) is 18.5 Å². The highest BCUT2D eigenvalue weighted by atomic mass is 16.2. The summed E-state index contributed by atoms with van der Waals surface area (Å²) in [6.45, 7) is 4.66. The Hall–Kier alpha value is -1.14. The summed E-state index contributed by atoms with van der Waals surface area (Å²) >= 11 is 0. The second-order valence-corrected chi connectivity index (χ2v) is 4.30. The second-order valence-electron chi connectivity index (χ2n) is 4.30. The van der Waals surface area contributed by atoms with Crippen LogP contribution in [0.3, 0.4) is 0 Å². The highest BCUT2D eigenvalue weighted by Crippen LogP contribution is 2.06. The molecule has 2 aliphatic rings. The maximum absolute atomic E-state index is 12.1. The molecule has 0 saturated carbocycles. The van der Waals surface area contributed by atoms with Crippen LogP contribution in [0.2, 0.25) is 0 Å². The van der Waals surface area contributed by atoms with E-state index in [4.69, 9.17) is 0 Å². The predicted molar refractivity (Wildman–Crippen MR) is 59.0 cm³/mol. The Labute approximate surface area is 95.2 Å². The van der Waals surface area contributed by atoms with Crippen molar-refractivity contribution in [2.45, 2.75) is 0 Å². The molecule has 6 heteroatoms. The summed E-state index contributed by atoms with van der Waals surface area (Å²) in [5.41, 5.74) is 0. The number of carbonyl (C=O) groups excluding carboxylic acids is 2. The van der Waals surface area contributed by atoms with Crippen LogP contribution in [0.1, 0.15) is 0 Å². The van der Waals surface area contributed by atoms with Gasteiger partial charge in [0.25, 0.3) is 0 Å². The second kappa shape index (κ2) is 4.80. The number of amides is 3. The number of rotatable bonds is 0. The van der Waals surface area contributed by atoms with Gasteiger partial charge in [-0.3, -0.25) is 9.69 Å². The van der Waals surface area contributed by atoms with Crippen LogP contribution < -0.4 is 5.32 Å². The number of hydrogen-bond acceptors (Lipinski definition) is 4. The first-order chi connectivity index (χ1) is 7.68.